The van der Waals surface area contributed by atoms with Crippen molar-refractivity contribution in [2.24, 2.45) is 0 Å². The van der Waals surface area contributed by atoms with Crippen molar-refractivity contribution in [3.63, 3.8) is 0 Å². The molecule has 0 aromatic heterocycles. The van der Waals surface area contributed by atoms with Gasteiger partial charge in [0.05, 0.1) is 0 Å². The molecule has 74 valence electrons. The number of halogens is 8. The summed E-state index contributed by atoms with van der Waals surface area (Å²) in [5.74, 6) is 0. The van der Waals surface area contributed by atoms with E-state index in [1.165, 1.54) is 0 Å². The summed E-state index contributed by atoms with van der Waals surface area (Å²) in [6.45, 7) is 0. The van der Waals surface area contributed by atoms with Gasteiger partial charge in [-0.1, -0.05) is 31.9 Å². The largest absolute Gasteiger partial charge is 0.402 e. The molecular formula is C4H2Br2F6. The molecule has 0 saturated carbocycles. The molecule has 12 heavy (non-hydrogen) atoms. The van der Waals surface area contributed by atoms with Crippen molar-refractivity contribution in [2.45, 2.75) is 22.0 Å². The van der Waals surface area contributed by atoms with E-state index in [4.69, 9.17) is 0 Å². The van der Waals surface area contributed by atoms with Crippen molar-refractivity contribution in [1.29, 1.82) is 0 Å². The van der Waals surface area contributed by atoms with Gasteiger partial charge in [-0.15, -0.1) is 0 Å². The van der Waals surface area contributed by atoms with Gasteiger partial charge in [0.2, 0.25) is 0 Å². The van der Waals surface area contributed by atoms with Crippen LogP contribution in [0.3, 0.4) is 0 Å². The molecule has 2 unspecified atom stereocenters. The molecule has 0 aliphatic heterocycles. The monoisotopic (exact) mass is 322 g/mol. The minimum Gasteiger partial charge on any atom is -0.170 e. The molecule has 0 heterocycles. The van der Waals surface area contributed by atoms with Crippen LogP contribution in [0.15, 0.2) is 0 Å². The van der Waals surface area contributed by atoms with E-state index < -0.39 is 22.0 Å². The summed E-state index contributed by atoms with van der Waals surface area (Å²) < 4.78 is 69.9. The predicted octanol–water partition coefficient (Wildman–Crippen LogP) is 3.64. The Kier molecular flexibility index (Phi) is 3.90. The van der Waals surface area contributed by atoms with Crippen LogP contribution >= 0.6 is 31.9 Å². The Hall–Kier alpha value is 0.540. The van der Waals surface area contributed by atoms with Gasteiger partial charge in [0.15, 0.2) is 0 Å². The molecule has 0 aliphatic carbocycles. The fourth-order valence-electron chi connectivity index (χ4n) is 0.332. The first-order valence-electron chi connectivity index (χ1n) is 2.48. The van der Waals surface area contributed by atoms with Gasteiger partial charge in [-0.25, -0.2) is 0 Å². The van der Waals surface area contributed by atoms with Crippen LogP contribution in [0.1, 0.15) is 0 Å². The normalized spacial score (nSPS) is 19.0. The molecule has 0 N–H and O–H groups in total. The molecule has 0 fully saturated rings. The van der Waals surface area contributed by atoms with E-state index in [1.807, 2.05) is 31.9 Å². The molecule has 0 spiro atoms. The van der Waals surface area contributed by atoms with Crippen molar-refractivity contribution in [3.05, 3.63) is 0 Å². The zero-order valence-electron chi connectivity index (χ0n) is 5.18. The van der Waals surface area contributed by atoms with Gasteiger partial charge in [0, 0.05) is 0 Å². The van der Waals surface area contributed by atoms with Gasteiger partial charge in [-0.3, -0.25) is 0 Å². The van der Waals surface area contributed by atoms with Gasteiger partial charge in [-0.2, -0.15) is 26.3 Å². The number of rotatable bonds is 1. The van der Waals surface area contributed by atoms with Crippen molar-refractivity contribution < 1.29 is 26.3 Å². The van der Waals surface area contributed by atoms with Crippen LogP contribution in [0, 0.1) is 0 Å². The fourth-order valence-corrected chi connectivity index (χ4v) is 0.931. The smallest absolute Gasteiger partial charge is 0.170 e. The highest BCUT2D eigenvalue weighted by molar-refractivity contribution is 9.12. The van der Waals surface area contributed by atoms with Crippen LogP contribution in [0.25, 0.3) is 0 Å². The quantitative estimate of drug-likeness (QED) is 0.510. The molecule has 8 heteroatoms. The Balaban J connectivity index is 4.41. The molecule has 0 aromatic rings. The molecule has 0 saturated heterocycles. The maximum atomic E-state index is 11.7. The van der Waals surface area contributed by atoms with Gasteiger partial charge < -0.3 is 0 Å². The summed E-state index contributed by atoms with van der Waals surface area (Å²) in [5.41, 5.74) is 0. The van der Waals surface area contributed by atoms with Crippen molar-refractivity contribution in [1.82, 2.24) is 0 Å². The van der Waals surface area contributed by atoms with Crippen LogP contribution < -0.4 is 0 Å². The van der Waals surface area contributed by atoms with E-state index in [2.05, 4.69) is 0 Å². The van der Waals surface area contributed by atoms with Gasteiger partial charge in [-0.05, 0) is 0 Å². The Morgan fingerprint density at radius 3 is 0.917 bits per heavy atom. The van der Waals surface area contributed by atoms with Crippen LogP contribution in [-0.4, -0.2) is 22.0 Å². The molecule has 2 atom stereocenters. The summed E-state index contributed by atoms with van der Waals surface area (Å²) in [6.07, 6.45) is -9.83. The van der Waals surface area contributed by atoms with Gasteiger partial charge >= 0.3 is 12.4 Å². The zero-order valence-corrected chi connectivity index (χ0v) is 8.35. The molecule has 0 amide bonds. The predicted molar refractivity (Wildman–Crippen MR) is 37.5 cm³/mol. The minimum absolute atomic E-state index is 1.91. The van der Waals surface area contributed by atoms with Gasteiger partial charge in [0.1, 0.15) is 9.65 Å². The minimum atomic E-state index is -4.91. The number of hydrogen-bond donors (Lipinski definition) is 0. The first kappa shape index (κ1) is 12.5. The molecule has 0 aromatic carbocycles. The lowest BCUT2D eigenvalue weighted by molar-refractivity contribution is -0.171. The van der Waals surface area contributed by atoms with Crippen LogP contribution in [0.5, 0.6) is 0 Å². The highest BCUT2D eigenvalue weighted by Crippen LogP contribution is 2.39. The topological polar surface area (TPSA) is 0 Å². The van der Waals surface area contributed by atoms with E-state index in [1.54, 1.807) is 0 Å². The highest BCUT2D eigenvalue weighted by atomic mass is 79.9. The van der Waals surface area contributed by atoms with Gasteiger partial charge in [0.25, 0.3) is 0 Å². The molecule has 0 rings (SSSR count). The van der Waals surface area contributed by atoms with Crippen molar-refractivity contribution in [3.8, 4) is 0 Å². The van der Waals surface area contributed by atoms with E-state index in [0.29, 0.717) is 0 Å². The Morgan fingerprint density at radius 1 is 0.667 bits per heavy atom. The zero-order chi connectivity index (χ0) is 10.2. The SMILES string of the molecule is FC(F)(F)C(Br)C(Br)C(F)(F)F. The maximum absolute atomic E-state index is 11.7. The lowest BCUT2D eigenvalue weighted by Crippen LogP contribution is -2.40. The summed E-state index contributed by atoms with van der Waals surface area (Å²) in [6, 6.07) is 0. The van der Waals surface area contributed by atoms with E-state index in [0.717, 1.165) is 0 Å². The Morgan fingerprint density at radius 2 is 0.833 bits per heavy atom. The lowest BCUT2D eigenvalue weighted by Gasteiger charge is -2.21. The third-order valence-electron chi connectivity index (χ3n) is 0.882. The number of hydrogen-bond acceptors (Lipinski definition) is 0. The number of alkyl halides is 8. The summed E-state index contributed by atoms with van der Waals surface area (Å²) >= 11 is 3.82. The Labute approximate surface area is 80.6 Å². The molecular weight excluding hydrogens is 322 g/mol. The summed E-state index contributed by atoms with van der Waals surface area (Å²) in [5, 5.41) is 0. The second kappa shape index (κ2) is 3.73. The third kappa shape index (κ3) is 3.51. The fraction of sp³-hybridized carbons (Fsp3) is 1.00. The van der Waals surface area contributed by atoms with E-state index in [-0.39, 0.29) is 0 Å². The first-order chi connectivity index (χ1) is 5.07. The first-order valence-corrected chi connectivity index (χ1v) is 4.31. The molecule has 0 aliphatic rings. The van der Waals surface area contributed by atoms with Crippen LogP contribution in [0.2, 0.25) is 0 Å². The summed E-state index contributed by atoms with van der Waals surface area (Å²) in [7, 11) is 0. The standard InChI is InChI=1S/C4H2Br2F6/c5-1(3(7,8)9)2(6)4(10,11)12/h1-2H. The van der Waals surface area contributed by atoms with Crippen molar-refractivity contribution >= 4 is 31.9 Å². The Bertz CT molecular complexity index is 131. The molecule has 0 nitrogen and oxygen atoms in total. The molecule has 0 radical (unpaired) electrons. The second-order valence-electron chi connectivity index (χ2n) is 1.89. The van der Waals surface area contributed by atoms with Crippen molar-refractivity contribution in [2.75, 3.05) is 0 Å². The molecule has 0 bridgehead atoms. The highest BCUT2D eigenvalue weighted by Gasteiger charge is 2.52. The van der Waals surface area contributed by atoms with E-state index >= 15 is 0 Å². The second-order valence-corrected chi connectivity index (χ2v) is 3.86. The van der Waals surface area contributed by atoms with Crippen LogP contribution in [0.4, 0.5) is 26.3 Å². The third-order valence-corrected chi connectivity index (χ3v) is 3.69. The average Bonchev–Trinajstić information content (AvgIpc) is 1.80. The summed E-state index contributed by atoms with van der Waals surface area (Å²) in [4.78, 5) is -5.24. The van der Waals surface area contributed by atoms with Crippen LogP contribution in [-0.2, 0) is 0 Å². The van der Waals surface area contributed by atoms with E-state index in [9.17, 15) is 26.3 Å². The average molecular weight is 324 g/mol. The maximum Gasteiger partial charge on any atom is 0.402 e. The lowest BCUT2D eigenvalue weighted by atomic mass is 10.3.